The molecule has 3 aliphatic rings. The van der Waals surface area contributed by atoms with Gasteiger partial charge in [0.1, 0.15) is 5.60 Å². The largest absolute Gasteiger partial charge is 0.360 e. The molecule has 1 aromatic carbocycles. The lowest BCUT2D eigenvalue weighted by Gasteiger charge is -2.23. The van der Waals surface area contributed by atoms with Crippen LogP contribution in [0.2, 0.25) is 0 Å². The summed E-state index contributed by atoms with van der Waals surface area (Å²) in [5, 5.41) is 2.93. The molecule has 1 spiro atoms. The van der Waals surface area contributed by atoms with E-state index in [1.165, 1.54) is 0 Å². The Morgan fingerprint density at radius 2 is 2.00 bits per heavy atom. The lowest BCUT2D eigenvalue weighted by molar-refractivity contribution is -0.136. The van der Waals surface area contributed by atoms with E-state index in [0.29, 0.717) is 13.1 Å². The summed E-state index contributed by atoms with van der Waals surface area (Å²) in [6, 6.07) is 13.1. The zero-order valence-corrected chi connectivity index (χ0v) is 14.6. The molecule has 4 unspecified atom stereocenters. The Kier molecular flexibility index (Phi) is 3.62. The van der Waals surface area contributed by atoms with Crippen molar-refractivity contribution in [3.63, 3.8) is 0 Å². The molecular weight excluding hydrogens is 342 g/mol. The van der Waals surface area contributed by atoms with Crippen LogP contribution >= 0.6 is 0 Å². The molecule has 1 N–H and O–H groups in total. The fourth-order valence-electron chi connectivity index (χ4n) is 4.47. The average Bonchev–Trinajstić information content (AvgIpc) is 3.32. The van der Waals surface area contributed by atoms with Gasteiger partial charge in [-0.25, -0.2) is 0 Å². The Labute approximate surface area is 156 Å². The van der Waals surface area contributed by atoms with Gasteiger partial charge in [0.25, 0.3) is 0 Å². The predicted molar refractivity (Wildman–Crippen MR) is 98.4 cm³/mol. The molecule has 0 radical (unpaired) electrons. The second-order valence-corrected chi connectivity index (χ2v) is 7.31. The van der Waals surface area contributed by atoms with Crippen molar-refractivity contribution in [2.24, 2.45) is 11.8 Å². The summed E-state index contributed by atoms with van der Waals surface area (Å²) in [6.07, 6.45) is 6.99. The van der Waals surface area contributed by atoms with Gasteiger partial charge >= 0.3 is 0 Å². The Bertz CT molecular complexity index is 915. The average molecular weight is 361 g/mol. The van der Waals surface area contributed by atoms with Gasteiger partial charge in [-0.15, -0.1) is 0 Å². The Balaban J connectivity index is 1.39. The van der Waals surface area contributed by atoms with Crippen LogP contribution < -0.4 is 5.32 Å². The number of fused-ring (bicyclic) bond motifs is 1. The van der Waals surface area contributed by atoms with Crippen molar-refractivity contribution in [3.8, 4) is 0 Å². The van der Waals surface area contributed by atoms with Crippen molar-refractivity contribution in [2.45, 2.75) is 18.2 Å². The minimum absolute atomic E-state index is 0.0214. The molecule has 2 aromatic rings. The van der Waals surface area contributed by atoms with Gasteiger partial charge in [-0.3, -0.25) is 14.6 Å². The van der Waals surface area contributed by atoms with Gasteiger partial charge in [-0.05, 0) is 29.8 Å². The maximum Gasteiger partial charge on any atom is 0.231 e. The van der Waals surface area contributed by atoms with Crippen LogP contribution in [-0.4, -0.2) is 39.9 Å². The number of rotatable bonds is 4. The van der Waals surface area contributed by atoms with Gasteiger partial charge in [0.05, 0.1) is 24.5 Å². The summed E-state index contributed by atoms with van der Waals surface area (Å²) < 4.78 is 6.15. The molecule has 136 valence electrons. The molecule has 27 heavy (non-hydrogen) atoms. The molecule has 5 rings (SSSR count). The van der Waals surface area contributed by atoms with Crippen molar-refractivity contribution in [1.82, 2.24) is 9.88 Å². The summed E-state index contributed by atoms with van der Waals surface area (Å²) in [5.74, 6) is -1.17. The molecule has 0 aliphatic carbocycles. The van der Waals surface area contributed by atoms with Crippen molar-refractivity contribution < 1.29 is 14.3 Å². The highest BCUT2D eigenvalue weighted by atomic mass is 16.5. The maximum atomic E-state index is 13.2. The predicted octanol–water partition coefficient (Wildman–Crippen LogP) is 2.00. The molecule has 1 aromatic heterocycles. The highest BCUT2D eigenvalue weighted by Crippen LogP contribution is 2.52. The van der Waals surface area contributed by atoms with Gasteiger partial charge < -0.3 is 15.0 Å². The number of benzene rings is 1. The van der Waals surface area contributed by atoms with E-state index in [0.717, 1.165) is 11.3 Å². The molecule has 2 saturated heterocycles. The number of anilines is 1. The summed E-state index contributed by atoms with van der Waals surface area (Å²) in [7, 11) is 0. The molecule has 4 atom stereocenters. The smallest absolute Gasteiger partial charge is 0.231 e. The van der Waals surface area contributed by atoms with E-state index in [9.17, 15) is 9.59 Å². The number of para-hydroxylation sites is 1. The molecule has 4 heterocycles. The van der Waals surface area contributed by atoms with Crippen LogP contribution in [0.5, 0.6) is 0 Å². The first-order valence-corrected chi connectivity index (χ1v) is 9.07. The van der Waals surface area contributed by atoms with Crippen LogP contribution in [0, 0.1) is 11.8 Å². The third kappa shape index (κ3) is 2.56. The number of carbonyl (C=O) groups is 2. The van der Waals surface area contributed by atoms with Crippen LogP contribution in [0.25, 0.3) is 0 Å². The monoisotopic (exact) mass is 361 g/mol. The SMILES string of the molecule is O=C(Nc1ccccc1)C1C2C=CC3(CN(Cc4ccncc4)C(=O)C13)O2. The number of pyridine rings is 1. The van der Waals surface area contributed by atoms with E-state index in [1.807, 2.05) is 54.6 Å². The van der Waals surface area contributed by atoms with Gasteiger partial charge in [0.15, 0.2) is 0 Å². The highest BCUT2D eigenvalue weighted by Gasteiger charge is 2.66. The minimum Gasteiger partial charge on any atom is -0.360 e. The lowest BCUT2D eigenvalue weighted by atomic mass is 9.77. The molecule has 2 amide bonds. The van der Waals surface area contributed by atoms with Crippen LogP contribution in [0.4, 0.5) is 5.69 Å². The number of amides is 2. The van der Waals surface area contributed by atoms with Gasteiger partial charge in [0, 0.05) is 24.6 Å². The summed E-state index contributed by atoms with van der Waals surface area (Å²) >= 11 is 0. The molecule has 2 bridgehead atoms. The third-order valence-electron chi connectivity index (χ3n) is 5.65. The standard InChI is InChI=1S/C21H19N3O3/c25-19(23-15-4-2-1-3-5-15)17-16-6-9-21(27-16)13-24(20(26)18(17)21)12-14-7-10-22-11-8-14/h1-11,16-18H,12-13H2,(H,23,25). The molecule has 3 aliphatic heterocycles. The van der Waals surface area contributed by atoms with Gasteiger partial charge in [0.2, 0.25) is 11.8 Å². The summed E-state index contributed by atoms with van der Waals surface area (Å²) in [5.41, 5.74) is 1.05. The minimum atomic E-state index is -0.687. The van der Waals surface area contributed by atoms with Crippen molar-refractivity contribution >= 4 is 17.5 Å². The first-order valence-electron chi connectivity index (χ1n) is 9.07. The van der Waals surface area contributed by atoms with E-state index in [2.05, 4.69) is 10.3 Å². The molecule has 6 heteroatoms. The maximum absolute atomic E-state index is 13.2. The zero-order valence-electron chi connectivity index (χ0n) is 14.6. The zero-order chi connectivity index (χ0) is 18.4. The fraction of sp³-hybridized carbons (Fsp3) is 0.286. The van der Waals surface area contributed by atoms with E-state index >= 15 is 0 Å². The normalized spacial score (nSPS) is 30.6. The van der Waals surface area contributed by atoms with Crippen molar-refractivity contribution in [2.75, 3.05) is 11.9 Å². The Morgan fingerprint density at radius 1 is 1.22 bits per heavy atom. The third-order valence-corrected chi connectivity index (χ3v) is 5.65. The summed E-state index contributed by atoms with van der Waals surface area (Å²) in [6.45, 7) is 0.968. The van der Waals surface area contributed by atoms with Gasteiger partial charge in [-0.2, -0.15) is 0 Å². The van der Waals surface area contributed by atoms with Crippen LogP contribution in [0.3, 0.4) is 0 Å². The Hall–Kier alpha value is -2.99. The van der Waals surface area contributed by atoms with E-state index in [4.69, 9.17) is 4.74 Å². The number of hydrogen-bond donors (Lipinski definition) is 1. The van der Waals surface area contributed by atoms with Gasteiger partial charge in [-0.1, -0.05) is 30.4 Å². The van der Waals surface area contributed by atoms with Crippen LogP contribution in [0.15, 0.2) is 67.0 Å². The number of nitrogens with one attached hydrogen (secondary N) is 1. The van der Waals surface area contributed by atoms with E-state index in [1.54, 1.807) is 17.3 Å². The first kappa shape index (κ1) is 16.2. The second kappa shape index (κ2) is 6.03. The molecule has 0 saturated carbocycles. The molecular formula is C21H19N3O3. The summed E-state index contributed by atoms with van der Waals surface area (Å²) in [4.78, 5) is 31.9. The van der Waals surface area contributed by atoms with Crippen LogP contribution in [-0.2, 0) is 20.9 Å². The van der Waals surface area contributed by atoms with Crippen LogP contribution in [0.1, 0.15) is 5.56 Å². The topological polar surface area (TPSA) is 71.5 Å². The lowest BCUT2D eigenvalue weighted by Crippen LogP contribution is -2.41. The highest BCUT2D eigenvalue weighted by molar-refractivity contribution is 5.99. The molecule has 6 nitrogen and oxygen atoms in total. The quantitative estimate of drug-likeness (QED) is 0.846. The fourth-order valence-corrected chi connectivity index (χ4v) is 4.47. The number of ether oxygens (including phenoxy) is 1. The Morgan fingerprint density at radius 3 is 2.78 bits per heavy atom. The number of carbonyl (C=O) groups excluding carboxylic acids is 2. The first-order chi connectivity index (χ1) is 13.2. The number of likely N-dealkylation sites (tertiary alicyclic amines) is 1. The second-order valence-electron chi connectivity index (χ2n) is 7.31. The number of aromatic nitrogens is 1. The molecule has 2 fully saturated rings. The van der Waals surface area contributed by atoms with E-state index in [-0.39, 0.29) is 17.9 Å². The van der Waals surface area contributed by atoms with E-state index < -0.39 is 17.4 Å². The number of hydrogen-bond acceptors (Lipinski definition) is 4. The van der Waals surface area contributed by atoms with Crippen molar-refractivity contribution in [1.29, 1.82) is 0 Å². The number of nitrogens with zero attached hydrogens (tertiary/aromatic N) is 2. The van der Waals surface area contributed by atoms with Crippen molar-refractivity contribution in [3.05, 3.63) is 72.6 Å².